The molecule has 0 radical (unpaired) electrons. The van der Waals surface area contributed by atoms with Gasteiger partial charge in [-0.15, -0.1) is 0 Å². The van der Waals surface area contributed by atoms with Gasteiger partial charge in [0.15, 0.2) is 0 Å². The molecule has 1 amide bonds. The number of hydrogen-bond acceptors (Lipinski definition) is 5. The van der Waals surface area contributed by atoms with Gasteiger partial charge >= 0.3 is 0 Å². The number of halogens is 1. The number of nitrogens with zero attached hydrogens (tertiary/aromatic N) is 2. The van der Waals surface area contributed by atoms with E-state index in [4.69, 9.17) is 16.0 Å². The fourth-order valence-electron chi connectivity index (χ4n) is 2.05. The largest absolute Gasteiger partial charge is 0.467 e. The molecule has 0 atom stereocenters. The second kappa shape index (κ2) is 7.14. The van der Waals surface area contributed by atoms with Crippen molar-refractivity contribution < 1.29 is 9.21 Å². The minimum Gasteiger partial charge on any atom is -0.467 e. The lowest BCUT2D eigenvalue weighted by Crippen LogP contribution is -2.23. The summed E-state index contributed by atoms with van der Waals surface area (Å²) in [5.74, 6) is 0.887. The molecular weight excluding hydrogens is 328 g/mol. The van der Waals surface area contributed by atoms with Gasteiger partial charge in [-0.2, -0.15) is 0 Å². The van der Waals surface area contributed by atoms with Crippen LogP contribution in [-0.4, -0.2) is 15.9 Å². The van der Waals surface area contributed by atoms with Crippen LogP contribution in [0.2, 0.25) is 5.02 Å². The van der Waals surface area contributed by atoms with Crippen molar-refractivity contribution in [1.29, 1.82) is 0 Å². The van der Waals surface area contributed by atoms with Crippen LogP contribution in [0.4, 0.5) is 11.5 Å². The lowest BCUT2D eigenvalue weighted by Gasteiger charge is -2.09. The Morgan fingerprint density at radius 2 is 2.12 bits per heavy atom. The Balaban J connectivity index is 1.64. The molecule has 0 spiro atoms. The smallest absolute Gasteiger partial charge is 0.271 e. The van der Waals surface area contributed by atoms with Gasteiger partial charge in [0.05, 0.1) is 25.2 Å². The summed E-state index contributed by atoms with van der Waals surface area (Å²) < 4.78 is 5.15. The van der Waals surface area contributed by atoms with E-state index in [0.29, 0.717) is 23.1 Å². The van der Waals surface area contributed by atoms with Crippen molar-refractivity contribution in [1.82, 2.24) is 15.3 Å². The van der Waals surface area contributed by atoms with E-state index >= 15 is 0 Å². The predicted molar refractivity (Wildman–Crippen MR) is 91.4 cm³/mol. The Kier molecular flexibility index (Phi) is 4.77. The van der Waals surface area contributed by atoms with E-state index in [9.17, 15) is 4.79 Å². The third-order valence-electron chi connectivity index (χ3n) is 3.35. The second-order valence-electron chi connectivity index (χ2n) is 5.13. The molecule has 7 heteroatoms. The predicted octanol–water partition coefficient (Wildman–Crippen LogP) is 3.71. The van der Waals surface area contributed by atoms with Crippen molar-refractivity contribution in [2.75, 3.05) is 5.32 Å². The van der Waals surface area contributed by atoms with Gasteiger partial charge in [0.2, 0.25) is 0 Å². The molecule has 0 aliphatic rings. The molecule has 122 valence electrons. The van der Waals surface area contributed by atoms with Crippen LogP contribution in [0.1, 0.15) is 21.8 Å². The van der Waals surface area contributed by atoms with E-state index in [1.54, 1.807) is 18.4 Å². The highest BCUT2D eigenvalue weighted by Gasteiger charge is 2.09. The highest BCUT2D eigenvalue weighted by molar-refractivity contribution is 6.30. The van der Waals surface area contributed by atoms with Crippen molar-refractivity contribution in [3.8, 4) is 0 Å². The first kappa shape index (κ1) is 16.0. The fraction of sp³-hybridized carbons (Fsp3) is 0.118. The van der Waals surface area contributed by atoms with Crippen LogP contribution in [0.5, 0.6) is 0 Å². The quantitative estimate of drug-likeness (QED) is 0.739. The number of anilines is 2. The SMILES string of the molecule is Cc1ccc(Cl)cc1Nc1cnc(C(=O)NCc2ccco2)cn1. The molecule has 3 aromatic rings. The van der Waals surface area contributed by atoms with Crippen LogP contribution in [0, 0.1) is 6.92 Å². The van der Waals surface area contributed by atoms with E-state index in [1.807, 2.05) is 25.1 Å². The molecule has 0 bridgehead atoms. The van der Waals surface area contributed by atoms with Gasteiger partial charge in [0.1, 0.15) is 17.3 Å². The van der Waals surface area contributed by atoms with Crippen LogP contribution >= 0.6 is 11.6 Å². The average Bonchev–Trinajstić information content (AvgIpc) is 3.10. The number of hydrogen-bond donors (Lipinski definition) is 2. The molecule has 3 rings (SSSR count). The maximum absolute atomic E-state index is 12.0. The zero-order chi connectivity index (χ0) is 16.9. The minimum absolute atomic E-state index is 0.231. The van der Waals surface area contributed by atoms with Gasteiger partial charge in [0, 0.05) is 10.7 Å². The number of aryl methyl sites for hydroxylation is 1. The average molecular weight is 343 g/mol. The molecule has 2 heterocycles. The molecule has 6 nitrogen and oxygen atoms in total. The first-order chi connectivity index (χ1) is 11.6. The summed E-state index contributed by atoms with van der Waals surface area (Å²) >= 11 is 5.99. The van der Waals surface area contributed by atoms with Crippen molar-refractivity contribution in [3.05, 3.63) is 71.0 Å². The van der Waals surface area contributed by atoms with E-state index in [1.165, 1.54) is 12.4 Å². The Morgan fingerprint density at radius 1 is 1.25 bits per heavy atom. The lowest BCUT2D eigenvalue weighted by molar-refractivity contribution is 0.0942. The summed E-state index contributed by atoms with van der Waals surface area (Å²) in [4.78, 5) is 20.4. The van der Waals surface area contributed by atoms with Crippen LogP contribution in [0.25, 0.3) is 0 Å². The number of carbonyl (C=O) groups excluding carboxylic acids is 1. The van der Waals surface area contributed by atoms with Crippen LogP contribution in [0.3, 0.4) is 0 Å². The standard InChI is InChI=1S/C17H15ClN4O2/c1-11-4-5-12(18)7-14(11)22-16-10-19-15(9-20-16)17(23)21-8-13-3-2-6-24-13/h2-7,9-10H,8H2,1H3,(H,20,22)(H,21,23). The molecule has 0 unspecified atom stereocenters. The Bertz CT molecular complexity index is 832. The van der Waals surface area contributed by atoms with E-state index < -0.39 is 0 Å². The molecule has 0 saturated carbocycles. The molecule has 0 aliphatic heterocycles. The van der Waals surface area contributed by atoms with Gasteiger partial charge in [-0.3, -0.25) is 4.79 Å². The van der Waals surface area contributed by atoms with Crippen molar-refractivity contribution in [3.63, 3.8) is 0 Å². The minimum atomic E-state index is -0.315. The Hall–Kier alpha value is -2.86. The molecule has 0 aliphatic carbocycles. The summed E-state index contributed by atoms with van der Waals surface area (Å²) in [5.41, 5.74) is 2.10. The van der Waals surface area contributed by atoms with Gasteiger partial charge in [-0.05, 0) is 36.8 Å². The number of nitrogens with one attached hydrogen (secondary N) is 2. The Labute approximate surface area is 143 Å². The van der Waals surface area contributed by atoms with Crippen LogP contribution in [-0.2, 0) is 6.54 Å². The van der Waals surface area contributed by atoms with Gasteiger partial charge < -0.3 is 15.1 Å². The van der Waals surface area contributed by atoms with Gasteiger partial charge in [0.25, 0.3) is 5.91 Å². The van der Waals surface area contributed by atoms with Gasteiger partial charge in [-0.25, -0.2) is 9.97 Å². The number of benzene rings is 1. The maximum Gasteiger partial charge on any atom is 0.271 e. The summed E-state index contributed by atoms with van der Waals surface area (Å²) in [5, 5.41) is 6.47. The number of amides is 1. The number of rotatable bonds is 5. The van der Waals surface area contributed by atoms with Crippen molar-refractivity contribution >= 4 is 29.0 Å². The molecule has 0 fully saturated rings. The molecule has 24 heavy (non-hydrogen) atoms. The van der Waals surface area contributed by atoms with E-state index in [-0.39, 0.29) is 11.6 Å². The number of furan rings is 1. The highest BCUT2D eigenvalue weighted by atomic mass is 35.5. The highest BCUT2D eigenvalue weighted by Crippen LogP contribution is 2.22. The zero-order valence-corrected chi connectivity index (χ0v) is 13.7. The third kappa shape index (κ3) is 3.91. The molecule has 1 aromatic carbocycles. The first-order valence-electron chi connectivity index (χ1n) is 7.27. The summed E-state index contributed by atoms with van der Waals surface area (Å²) in [6, 6.07) is 9.09. The Morgan fingerprint density at radius 3 is 2.83 bits per heavy atom. The van der Waals surface area contributed by atoms with Crippen molar-refractivity contribution in [2.45, 2.75) is 13.5 Å². The third-order valence-corrected chi connectivity index (χ3v) is 3.59. The molecule has 0 saturated heterocycles. The normalized spacial score (nSPS) is 10.4. The molecule has 2 N–H and O–H groups in total. The first-order valence-corrected chi connectivity index (χ1v) is 7.65. The summed E-state index contributed by atoms with van der Waals surface area (Å²) in [7, 11) is 0. The monoisotopic (exact) mass is 342 g/mol. The number of aromatic nitrogens is 2. The zero-order valence-electron chi connectivity index (χ0n) is 12.9. The summed E-state index contributed by atoms with van der Waals surface area (Å²) in [6.07, 6.45) is 4.47. The second-order valence-corrected chi connectivity index (χ2v) is 5.57. The summed E-state index contributed by atoms with van der Waals surface area (Å²) in [6.45, 7) is 2.26. The van der Waals surface area contributed by atoms with Crippen molar-refractivity contribution in [2.24, 2.45) is 0 Å². The van der Waals surface area contributed by atoms with Gasteiger partial charge in [-0.1, -0.05) is 17.7 Å². The molecule has 2 aromatic heterocycles. The lowest BCUT2D eigenvalue weighted by atomic mass is 10.2. The maximum atomic E-state index is 12.0. The van der Waals surface area contributed by atoms with Crippen LogP contribution < -0.4 is 10.6 Å². The fourth-order valence-corrected chi connectivity index (χ4v) is 2.22. The van der Waals surface area contributed by atoms with E-state index in [0.717, 1.165) is 11.3 Å². The van der Waals surface area contributed by atoms with E-state index in [2.05, 4.69) is 20.6 Å². The molecular formula is C17H15ClN4O2. The van der Waals surface area contributed by atoms with Crippen LogP contribution in [0.15, 0.2) is 53.4 Å². The number of carbonyl (C=O) groups is 1. The topological polar surface area (TPSA) is 80.0 Å².